The van der Waals surface area contributed by atoms with Gasteiger partial charge in [0.1, 0.15) is 36.1 Å². The number of rotatable bonds is 11. The molecule has 3 aliphatic heterocycles. The summed E-state index contributed by atoms with van der Waals surface area (Å²) in [6.45, 7) is 10.8. The Morgan fingerprint density at radius 2 is 1.76 bits per heavy atom. The maximum Gasteiger partial charge on any atom is 0.407 e. The van der Waals surface area contributed by atoms with Gasteiger partial charge < -0.3 is 44.4 Å². The van der Waals surface area contributed by atoms with Crippen LogP contribution < -0.4 is 10.1 Å². The van der Waals surface area contributed by atoms with Crippen molar-refractivity contribution in [3.8, 4) is 28.1 Å². The topological polar surface area (TPSA) is 195 Å². The zero-order valence-electron chi connectivity index (χ0n) is 36.5. The molecule has 0 radical (unpaired) electrons. The SMILES string of the molecule is COC[C@H]1C[C@@H](c2nc3c(ccc4cc5c(cc43)OCc3cc(-c4cnc([C@@H]6CC[C@H](C)N6C(=O)[C@H](C(C)C)N(C)C(=O)O)[nH]4)ccc3-5)[nH]2)N(C(=O)[C@@H](NC(=O)OC)C(C)C)C1. The maximum absolute atomic E-state index is 14.1. The zero-order valence-corrected chi connectivity index (χ0v) is 36.5. The normalized spacial score (nSPS) is 20.6. The molecule has 2 aromatic heterocycles. The van der Waals surface area contributed by atoms with Crippen LogP contribution in [0.1, 0.15) is 83.2 Å². The number of carbonyl (C=O) groups is 4. The van der Waals surface area contributed by atoms with E-state index in [1.165, 1.54) is 14.2 Å². The molecule has 3 aromatic carbocycles. The number of methoxy groups -OCH3 is 2. The van der Waals surface area contributed by atoms with Crippen LogP contribution >= 0.6 is 0 Å². The number of aromatic amines is 2. The smallest absolute Gasteiger partial charge is 0.407 e. The Bertz CT molecular complexity index is 2530. The van der Waals surface area contributed by atoms with Gasteiger partial charge in [-0.3, -0.25) is 14.5 Å². The average molecular weight is 849 g/mol. The number of nitrogens with one attached hydrogen (secondary N) is 3. The second-order valence-electron chi connectivity index (χ2n) is 17.7. The monoisotopic (exact) mass is 848 g/mol. The summed E-state index contributed by atoms with van der Waals surface area (Å²) in [5, 5.41) is 14.4. The summed E-state index contributed by atoms with van der Waals surface area (Å²) in [5.74, 6) is 1.42. The fourth-order valence-corrected chi connectivity index (χ4v) is 9.74. The van der Waals surface area contributed by atoms with Crippen LogP contribution in [0.4, 0.5) is 9.59 Å². The van der Waals surface area contributed by atoms with E-state index < -0.39 is 24.3 Å². The van der Waals surface area contributed by atoms with E-state index in [1.54, 1.807) is 18.2 Å². The van der Waals surface area contributed by atoms with Crippen LogP contribution in [0.25, 0.3) is 44.2 Å². The largest absolute Gasteiger partial charge is 0.488 e. The van der Waals surface area contributed by atoms with Crippen LogP contribution in [0.5, 0.6) is 5.75 Å². The van der Waals surface area contributed by atoms with E-state index >= 15 is 0 Å². The molecule has 6 atom stereocenters. The van der Waals surface area contributed by atoms with Gasteiger partial charge in [0.2, 0.25) is 11.8 Å². The highest BCUT2D eigenvalue weighted by Gasteiger charge is 2.44. The van der Waals surface area contributed by atoms with E-state index in [9.17, 15) is 24.3 Å². The Balaban J connectivity index is 1.06. The molecule has 16 nitrogen and oxygen atoms in total. The predicted octanol–water partition coefficient (Wildman–Crippen LogP) is 7.27. The highest BCUT2D eigenvalue weighted by Crippen LogP contribution is 2.44. The van der Waals surface area contributed by atoms with Crippen molar-refractivity contribution in [2.24, 2.45) is 17.8 Å². The Labute approximate surface area is 360 Å². The maximum atomic E-state index is 14.1. The van der Waals surface area contributed by atoms with Gasteiger partial charge in [-0.15, -0.1) is 0 Å². The van der Waals surface area contributed by atoms with Crippen LogP contribution in [-0.4, -0.2) is 116 Å². The number of benzene rings is 3. The number of H-pyrrole nitrogens is 2. The lowest BCUT2D eigenvalue weighted by Crippen LogP contribution is -2.53. The highest BCUT2D eigenvalue weighted by molar-refractivity contribution is 6.07. The van der Waals surface area contributed by atoms with Gasteiger partial charge in [-0.1, -0.05) is 45.9 Å². The standard InChI is InChI=1S/C46H56N8O8/c1-23(2)38(51-45(57)61-8)43(55)53-20-26(21-60-7)15-36(53)42-48-33-13-11-27-17-32-30-12-10-28(16-29(30)22-62-37(32)18-31(27)39(33)50-42)34-19-47-41(49-34)35-14-9-25(5)54(35)44(56)40(24(3)4)52(6)46(58)59/h10-13,16-19,23-26,35-36,38,40H,9,14-15,20-22H2,1-8H3,(H,47,49)(H,48,50)(H,51,57)(H,58,59)/t25-,26-,35-,36-,38-,40-/m0/s1. The first-order chi connectivity index (χ1) is 29.7. The van der Waals surface area contributed by atoms with Crippen molar-refractivity contribution >= 4 is 45.8 Å². The molecule has 0 saturated carbocycles. The average Bonchev–Trinajstić information content (AvgIpc) is 4.07. The number of imidazole rings is 2. The van der Waals surface area contributed by atoms with E-state index in [-0.39, 0.29) is 47.7 Å². The summed E-state index contributed by atoms with van der Waals surface area (Å²) < 4.78 is 16.8. The Morgan fingerprint density at radius 1 is 0.968 bits per heavy atom. The minimum absolute atomic E-state index is 0.0595. The van der Waals surface area contributed by atoms with Crippen molar-refractivity contribution < 1.29 is 38.5 Å². The number of amides is 4. The second kappa shape index (κ2) is 17.0. The summed E-state index contributed by atoms with van der Waals surface area (Å²) in [5.41, 5.74) is 6.43. The lowest BCUT2D eigenvalue weighted by Gasteiger charge is -2.36. The number of likely N-dealkylation sites (tertiary alicyclic amines) is 2. The molecule has 16 heteroatoms. The van der Waals surface area contributed by atoms with Crippen LogP contribution in [0.2, 0.25) is 0 Å². The summed E-state index contributed by atoms with van der Waals surface area (Å²) in [7, 11) is 4.39. The lowest BCUT2D eigenvalue weighted by atomic mass is 9.92. The van der Waals surface area contributed by atoms with Crippen LogP contribution in [0.3, 0.4) is 0 Å². The first-order valence-corrected chi connectivity index (χ1v) is 21.4. The predicted molar refractivity (Wildman–Crippen MR) is 232 cm³/mol. The highest BCUT2D eigenvalue weighted by atomic mass is 16.5. The third kappa shape index (κ3) is 7.69. The van der Waals surface area contributed by atoms with Gasteiger partial charge in [0.05, 0.1) is 48.7 Å². The van der Waals surface area contributed by atoms with Gasteiger partial charge in [0, 0.05) is 43.6 Å². The van der Waals surface area contributed by atoms with E-state index in [4.69, 9.17) is 24.2 Å². The van der Waals surface area contributed by atoms with Crippen molar-refractivity contribution in [2.75, 3.05) is 34.4 Å². The number of carbonyl (C=O) groups excluding carboxylic acids is 3. The van der Waals surface area contributed by atoms with Crippen molar-refractivity contribution in [3.05, 3.63) is 65.9 Å². The summed E-state index contributed by atoms with van der Waals surface area (Å²) in [4.78, 5) is 73.7. The first-order valence-electron chi connectivity index (χ1n) is 21.4. The number of nitrogens with zero attached hydrogens (tertiary/aromatic N) is 5. The Morgan fingerprint density at radius 3 is 2.47 bits per heavy atom. The Kier molecular flexibility index (Phi) is 11.6. The zero-order chi connectivity index (χ0) is 44.1. The van der Waals surface area contributed by atoms with Gasteiger partial charge in [-0.25, -0.2) is 19.6 Å². The molecule has 328 valence electrons. The van der Waals surface area contributed by atoms with Crippen molar-refractivity contribution in [2.45, 2.75) is 90.7 Å². The lowest BCUT2D eigenvalue weighted by molar-refractivity contribution is -0.140. The molecule has 0 bridgehead atoms. The van der Waals surface area contributed by atoms with E-state index in [1.807, 2.05) is 51.7 Å². The fourth-order valence-electron chi connectivity index (χ4n) is 9.74. The van der Waals surface area contributed by atoms with E-state index in [0.29, 0.717) is 37.8 Å². The summed E-state index contributed by atoms with van der Waals surface area (Å²) >= 11 is 0. The number of ether oxygens (including phenoxy) is 3. The number of hydrogen-bond donors (Lipinski definition) is 4. The van der Waals surface area contributed by atoms with Gasteiger partial charge in [0.15, 0.2) is 0 Å². The molecule has 5 aromatic rings. The molecule has 0 aliphatic carbocycles. The molecule has 0 spiro atoms. The number of aromatic nitrogens is 4. The number of fused-ring (bicyclic) bond motifs is 6. The number of hydrogen-bond acceptors (Lipinski definition) is 9. The number of carboxylic acid groups (broad SMARTS) is 1. The number of likely N-dealkylation sites (N-methyl/N-ethyl adjacent to an activating group) is 1. The summed E-state index contributed by atoms with van der Waals surface area (Å²) in [6, 6.07) is 12.3. The third-order valence-electron chi connectivity index (χ3n) is 12.9. The van der Waals surface area contributed by atoms with Crippen molar-refractivity contribution in [3.63, 3.8) is 0 Å². The molecule has 4 N–H and O–H groups in total. The van der Waals surface area contributed by atoms with Crippen LogP contribution in [-0.2, 0) is 25.7 Å². The summed E-state index contributed by atoms with van der Waals surface area (Å²) in [6.07, 6.45) is 2.17. The van der Waals surface area contributed by atoms with Gasteiger partial charge in [0.25, 0.3) is 0 Å². The molecule has 3 aliphatic rings. The van der Waals surface area contributed by atoms with Crippen LogP contribution in [0, 0.1) is 17.8 Å². The molecule has 0 unspecified atom stereocenters. The molecular weight excluding hydrogens is 793 g/mol. The minimum atomic E-state index is -1.13. The molecule has 2 fully saturated rings. The molecule has 8 rings (SSSR count). The number of alkyl carbamates (subject to hydrolysis) is 1. The first kappa shape index (κ1) is 42.5. The second-order valence-corrected chi connectivity index (χ2v) is 17.7. The quantitative estimate of drug-likeness (QED) is 0.105. The van der Waals surface area contributed by atoms with Crippen molar-refractivity contribution in [1.29, 1.82) is 0 Å². The van der Waals surface area contributed by atoms with Gasteiger partial charge in [-0.05, 0) is 84.4 Å². The third-order valence-corrected chi connectivity index (χ3v) is 12.9. The van der Waals surface area contributed by atoms with Crippen LogP contribution in [0.15, 0.2) is 48.7 Å². The van der Waals surface area contributed by atoms with Gasteiger partial charge in [-0.2, -0.15) is 0 Å². The molecular formula is C46H56N8O8. The van der Waals surface area contributed by atoms with Crippen molar-refractivity contribution in [1.82, 2.24) is 40.0 Å². The molecule has 2 saturated heterocycles. The Hall–Kier alpha value is -6.16. The molecule has 62 heavy (non-hydrogen) atoms. The minimum Gasteiger partial charge on any atom is -0.488 e. The fraction of sp³-hybridized carbons (Fsp3) is 0.478. The van der Waals surface area contributed by atoms with E-state index in [0.717, 1.165) is 73.2 Å². The molecule has 5 heterocycles. The molecule has 4 amide bonds. The van der Waals surface area contributed by atoms with E-state index in [2.05, 4.69) is 45.6 Å². The van der Waals surface area contributed by atoms with Gasteiger partial charge >= 0.3 is 12.2 Å².